The quantitative estimate of drug-likeness (QED) is 0.216. The zero-order valence-electron chi connectivity index (χ0n) is 23.5. The van der Waals surface area contributed by atoms with Crippen LogP contribution < -0.4 is 10.4 Å². The Morgan fingerprint density at radius 3 is 2.23 bits per heavy atom. The van der Waals surface area contributed by atoms with E-state index in [1.165, 1.54) is 10.4 Å². The molecule has 0 saturated carbocycles. The van der Waals surface area contributed by atoms with Gasteiger partial charge in [0.2, 0.25) is 0 Å². The Labute approximate surface area is 241 Å². The fourth-order valence-electron chi connectivity index (χ4n) is 6.26. The third kappa shape index (κ3) is 4.91. The molecule has 0 spiro atoms. The standard InChI is InChI=1S/C33H37BrN2O2Si/c1-24(19-36-29-18-25(34)16-17-28(29)31-30(36)21-37-23-33(31,5)22-35)20-38-39(32(2,3)4,26-12-8-6-9-13-26)27-14-10-7-11-15-27/h6-18,24H,19-21,23H2,1-5H3. The van der Waals surface area contributed by atoms with E-state index in [1.54, 1.807) is 0 Å². The highest BCUT2D eigenvalue weighted by molar-refractivity contribution is 9.10. The minimum Gasteiger partial charge on any atom is -0.407 e. The number of benzene rings is 3. The number of nitriles is 1. The normalized spacial score (nSPS) is 18.5. The molecule has 39 heavy (non-hydrogen) atoms. The molecule has 0 bridgehead atoms. The van der Waals surface area contributed by atoms with Crippen molar-refractivity contribution in [2.45, 2.75) is 58.2 Å². The first-order valence-electron chi connectivity index (χ1n) is 13.7. The summed E-state index contributed by atoms with van der Waals surface area (Å²) in [6.45, 7) is 13.6. The van der Waals surface area contributed by atoms with Gasteiger partial charge in [0.15, 0.2) is 0 Å². The molecule has 4 nitrogen and oxygen atoms in total. The lowest BCUT2D eigenvalue weighted by atomic mass is 9.81. The highest BCUT2D eigenvalue weighted by atomic mass is 79.9. The lowest BCUT2D eigenvalue weighted by Crippen LogP contribution is -2.66. The van der Waals surface area contributed by atoms with Gasteiger partial charge < -0.3 is 13.7 Å². The maximum Gasteiger partial charge on any atom is 0.261 e. The Kier molecular flexibility index (Phi) is 7.65. The second kappa shape index (κ2) is 10.7. The third-order valence-corrected chi connectivity index (χ3v) is 13.6. The molecular formula is C33H37BrN2O2Si. The first kappa shape index (κ1) is 27.9. The van der Waals surface area contributed by atoms with Crippen LogP contribution in [0.1, 0.15) is 45.9 Å². The summed E-state index contributed by atoms with van der Waals surface area (Å²) >= 11 is 3.67. The topological polar surface area (TPSA) is 47.2 Å². The fourth-order valence-corrected chi connectivity index (χ4v) is 11.3. The average Bonchev–Trinajstić information content (AvgIpc) is 3.23. The molecule has 1 aliphatic heterocycles. The molecule has 202 valence electrons. The lowest BCUT2D eigenvalue weighted by Gasteiger charge is -2.43. The van der Waals surface area contributed by atoms with E-state index in [0.29, 0.717) is 19.8 Å². The average molecular weight is 602 g/mol. The second-order valence-corrected chi connectivity index (χ2v) is 17.3. The maximum absolute atomic E-state index is 10.1. The summed E-state index contributed by atoms with van der Waals surface area (Å²) in [6, 6.07) is 30.5. The van der Waals surface area contributed by atoms with E-state index in [1.807, 2.05) is 6.92 Å². The molecular weight excluding hydrogens is 564 g/mol. The number of fused-ring (bicyclic) bond motifs is 3. The van der Waals surface area contributed by atoms with E-state index in [0.717, 1.165) is 33.2 Å². The zero-order valence-corrected chi connectivity index (χ0v) is 26.1. The van der Waals surface area contributed by atoms with Crippen molar-refractivity contribution < 1.29 is 9.16 Å². The van der Waals surface area contributed by atoms with E-state index in [9.17, 15) is 5.26 Å². The summed E-state index contributed by atoms with van der Waals surface area (Å²) in [5.74, 6) is 0.237. The van der Waals surface area contributed by atoms with Gasteiger partial charge in [-0.2, -0.15) is 5.26 Å². The van der Waals surface area contributed by atoms with Gasteiger partial charge in [-0.25, -0.2) is 0 Å². The van der Waals surface area contributed by atoms with Gasteiger partial charge in [0.05, 0.1) is 19.3 Å². The molecule has 0 radical (unpaired) electrons. The van der Waals surface area contributed by atoms with Crippen LogP contribution in [0.15, 0.2) is 83.3 Å². The van der Waals surface area contributed by atoms with Crippen LogP contribution >= 0.6 is 15.9 Å². The van der Waals surface area contributed by atoms with Crippen LogP contribution in [0.25, 0.3) is 10.9 Å². The van der Waals surface area contributed by atoms with Crippen molar-refractivity contribution in [3.63, 3.8) is 0 Å². The van der Waals surface area contributed by atoms with Crippen molar-refractivity contribution in [3.05, 3.63) is 94.6 Å². The van der Waals surface area contributed by atoms with Gasteiger partial charge in [0.25, 0.3) is 8.32 Å². The summed E-state index contributed by atoms with van der Waals surface area (Å²) in [5.41, 5.74) is 2.69. The zero-order chi connectivity index (χ0) is 27.8. The Morgan fingerprint density at radius 2 is 1.67 bits per heavy atom. The Balaban J connectivity index is 1.53. The van der Waals surface area contributed by atoms with Gasteiger partial charge in [-0.3, -0.25) is 0 Å². The lowest BCUT2D eigenvalue weighted by molar-refractivity contribution is 0.0709. The number of nitrogens with zero attached hydrogens (tertiary/aromatic N) is 2. The molecule has 1 aliphatic rings. The highest BCUT2D eigenvalue weighted by Crippen LogP contribution is 2.41. The Bertz CT molecular complexity index is 1460. The maximum atomic E-state index is 10.1. The first-order chi connectivity index (χ1) is 18.6. The van der Waals surface area contributed by atoms with Crippen LogP contribution in [0.5, 0.6) is 0 Å². The van der Waals surface area contributed by atoms with Gasteiger partial charge in [0, 0.05) is 39.8 Å². The molecule has 6 heteroatoms. The van der Waals surface area contributed by atoms with E-state index >= 15 is 0 Å². The fraction of sp³-hybridized carbons (Fsp3) is 0.364. The number of rotatable bonds is 7. The van der Waals surface area contributed by atoms with Crippen molar-refractivity contribution in [3.8, 4) is 6.07 Å². The Morgan fingerprint density at radius 1 is 1.05 bits per heavy atom. The van der Waals surface area contributed by atoms with E-state index in [-0.39, 0.29) is 11.0 Å². The molecule has 1 aromatic heterocycles. The Hall–Kier alpha value is -2.69. The van der Waals surface area contributed by atoms with Crippen molar-refractivity contribution in [1.82, 2.24) is 4.57 Å². The molecule has 5 rings (SSSR count). The van der Waals surface area contributed by atoms with Crippen molar-refractivity contribution >= 4 is 45.5 Å². The van der Waals surface area contributed by atoms with Crippen molar-refractivity contribution in [2.75, 3.05) is 13.2 Å². The van der Waals surface area contributed by atoms with Gasteiger partial charge >= 0.3 is 0 Å². The molecule has 0 fully saturated rings. The largest absolute Gasteiger partial charge is 0.407 e. The van der Waals surface area contributed by atoms with Crippen LogP contribution in [0, 0.1) is 17.2 Å². The van der Waals surface area contributed by atoms with E-state index in [4.69, 9.17) is 9.16 Å². The SMILES string of the molecule is CC(CO[Si](c1ccccc1)(c1ccccc1)C(C)(C)C)Cn1c2c(c3ccc(Br)cc31)C(C)(C#N)COC2. The van der Waals surface area contributed by atoms with Crippen LogP contribution in [0.4, 0.5) is 0 Å². The summed E-state index contributed by atoms with van der Waals surface area (Å²) in [5, 5.41) is 13.8. The molecule has 0 aliphatic carbocycles. The summed E-state index contributed by atoms with van der Waals surface area (Å²) in [7, 11) is -2.62. The minimum absolute atomic E-state index is 0.0674. The number of hydrogen-bond donors (Lipinski definition) is 0. The number of halogens is 1. The molecule has 0 amide bonds. The van der Waals surface area contributed by atoms with Crippen molar-refractivity contribution in [2.24, 2.45) is 5.92 Å². The monoisotopic (exact) mass is 600 g/mol. The molecule has 2 atom stereocenters. The summed E-state index contributed by atoms with van der Waals surface area (Å²) in [4.78, 5) is 0. The third-order valence-electron chi connectivity index (χ3n) is 8.06. The number of hydrogen-bond acceptors (Lipinski definition) is 3. The van der Waals surface area contributed by atoms with Crippen LogP contribution in [-0.2, 0) is 27.7 Å². The molecule has 3 aromatic carbocycles. The smallest absolute Gasteiger partial charge is 0.261 e. The molecule has 0 saturated heterocycles. The van der Waals surface area contributed by atoms with Crippen LogP contribution in [-0.4, -0.2) is 26.1 Å². The highest BCUT2D eigenvalue weighted by Gasteiger charge is 2.50. The first-order valence-corrected chi connectivity index (χ1v) is 16.4. The van der Waals surface area contributed by atoms with Crippen LogP contribution in [0.2, 0.25) is 5.04 Å². The van der Waals surface area contributed by atoms with Gasteiger partial charge in [-0.15, -0.1) is 0 Å². The van der Waals surface area contributed by atoms with Gasteiger partial charge in [0.1, 0.15) is 5.41 Å². The molecule has 0 N–H and O–H groups in total. The molecule has 4 aromatic rings. The molecule has 2 heterocycles. The summed E-state index contributed by atoms with van der Waals surface area (Å²) < 4.78 is 16.6. The summed E-state index contributed by atoms with van der Waals surface area (Å²) in [6.07, 6.45) is 0. The number of aromatic nitrogens is 1. The van der Waals surface area contributed by atoms with E-state index < -0.39 is 13.7 Å². The van der Waals surface area contributed by atoms with E-state index in [2.05, 4.69) is 133 Å². The van der Waals surface area contributed by atoms with Crippen molar-refractivity contribution in [1.29, 1.82) is 5.26 Å². The predicted octanol–water partition coefficient (Wildman–Crippen LogP) is 6.93. The van der Waals surface area contributed by atoms with Gasteiger partial charge in [-0.05, 0) is 40.4 Å². The second-order valence-electron chi connectivity index (χ2n) is 12.1. The molecule has 2 unspecified atom stereocenters. The predicted molar refractivity (Wildman–Crippen MR) is 165 cm³/mol. The van der Waals surface area contributed by atoms with Gasteiger partial charge in [-0.1, -0.05) is 110 Å². The van der Waals surface area contributed by atoms with Crippen LogP contribution in [0.3, 0.4) is 0 Å². The number of ether oxygens (including phenoxy) is 1. The minimum atomic E-state index is -2.62.